The maximum atomic E-state index is 13.9. The fourth-order valence-corrected chi connectivity index (χ4v) is 5.28. The van der Waals surface area contributed by atoms with Crippen molar-refractivity contribution in [2.24, 2.45) is 5.92 Å². The van der Waals surface area contributed by atoms with Crippen molar-refractivity contribution in [2.45, 2.75) is 51.5 Å². The van der Waals surface area contributed by atoms with Crippen molar-refractivity contribution in [1.82, 2.24) is 19.4 Å². The number of benzene rings is 2. The minimum absolute atomic E-state index is 0.0340. The summed E-state index contributed by atoms with van der Waals surface area (Å²) >= 11 is 6.32. The normalized spacial score (nSPS) is 15.5. The Morgan fingerprint density at radius 1 is 1.09 bits per heavy atom. The molecule has 0 aliphatic heterocycles. The second-order valence-electron chi connectivity index (χ2n) is 9.70. The molecule has 1 aromatic heterocycles. The van der Waals surface area contributed by atoms with Crippen LogP contribution in [0.2, 0.25) is 5.02 Å². The number of amides is 1. The first kappa shape index (κ1) is 25.4. The van der Waals surface area contributed by atoms with Gasteiger partial charge in [-0.25, -0.2) is 4.98 Å². The minimum atomic E-state index is -0.333. The van der Waals surface area contributed by atoms with Gasteiger partial charge in [-0.1, -0.05) is 56.0 Å². The zero-order valence-corrected chi connectivity index (χ0v) is 21.7. The van der Waals surface area contributed by atoms with E-state index >= 15 is 0 Å². The van der Waals surface area contributed by atoms with Crippen LogP contribution in [0.15, 0.2) is 53.3 Å². The number of para-hydroxylation sites is 1. The lowest BCUT2D eigenvalue weighted by Gasteiger charge is -2.36. The summed E-state index contributed by atoms with van der Waals surface area (Å²) in [6.45, 7) is 3.38. The molecule has 3 aromatic rings. The summed E-state index contributed by atoms with van der Waals surface area (Å²) in [6, 6.07) is 14.3. The number of carbonyl (C=O) groups is 1. The Hall–Kier alpha value is -2.70. The summed E-state index contributed by atoms with van der Waals surface area (Å²) in [7, 11) is 4.03. The number of carbonyl (C=O) groups excluding carboxylic acids is 1. The Morgan fingerprint density at radius 3 is 2.51 bits per heavy atom. The number of halogens is 1. The number of hydrogen-bond acceptors (Lipinski definition) is 4. The molecule has 6 nitrogen and oxygen atoms in total. The highest BCUT2D eigenvalue weighted by atomic mass is 35.5. The second kappa shape index (κ2) is 11.4. The van der Waals surface area contributed by atoms with Gasteiger partial charge in [-0.05, 0) is 63.7 Å². The third-order valence-corrected chi connectivity index (χ3v) is 7.19. The molecule has 1 fully saturated rings. The average molecular weight is 495 g/mol. The molecule has 1 amide bonds. The van der Waals surface area contributed by atoms with Crippen LogP contribution in [0, 0.1) is 5.92 Å². The van der Waals surface area contributed by atoms with Gasteiger partial charge < -0.3 is 9.80 Å². The Balaban J connectivity index is 1.89. The van der Waals surface area contributed by atoms with Gasteiger partial charge in [0.2, 0.25) is 5.91 Å². The number of aromatic nitrogens is 2. The average Bonchev–Trinajstić information content (AvgIpc) is 2.86. The maximum Gasteiger partial charge on any atom is 0.266 e. The molecule has 1 heterocycles. The van der Waals surface area contributed by atoms with Crippen LogP contribution in [0.5, 0.6) is 0 Å². The van der Waals surface area contributed by atoms with Crippen LogP contribution < -0.4 is 5.56 Å². The standard InChI is InChI=1S/C28H35ClN4O2/c1-4-25(32(18-17-31(2)3)27(34)20-11-6-5-7-12-20)26-30-24-16-9-8-15-23(24)28(35)33(26)22-14-10-13-21(29)19-22/h8-10,13-16,19-20,25H,4-7,11-12,17-18H2,1-3H3. The lowest BCUT2D eigenvalue weighted by atomic mass is 9.87. The summed E-state index contributed by atoms with van der Waals surface area (Å²) in [5, 5.41) is 1.09. The van der Waals surface area contributed by atoms with Crippen molar-refractivity contribution >= 4 is 28.4 Å². The summed E-state index contributed by atoms with van der Waals surface area (Å²) < 4.78 is 1.65. The van der Waals surface area contributed by atoms with Crippen LogP contribution in [0.4, 0.5) is 0 Å². The minimum Gasteiger partial charge on any atom is -0.331 e. The largest absolute Gasteiger partial charge is 0.331 e. The molecule has 4 rings (SSSR count). The Morgan fingerprint density at radius 2 is 1.83 bits per heavy atom. The molecule has 0 N–H and O–H groups in total. The number of rotatable bonds is 8. The van der Waals surface area contributed by atoms with Gasteiger partial charge in [0.15, 0.2) is 0 Å². The molecule has 1 aliphatic rings. The van der Waals surface area contributed by atoms with E-state index < -0.39 is 0 Å². The molecule has 1 aliphatic carbocycles. The number of nitrogens with zero attached hydrogens (tertiary/aromatic N) is 4. The fraction of sp³-hybridized carbons (Fsp3) is 0.464. The van der Waals surface area contributed by atoms with Crippen LogP contribution in [-0.2, 0) is 4.79 Å². The van der Waals surface area contributed by atoms with E-state index in [0.29, 0.717) is 40.4 Å². The molecule has 0 radical (unpaired) electrons. The van der Waals surface area contributed by atoms with Gasteiger partial charge in [0.1, 0.15) is 5.82 Å². The van der Waals surface area contributed by atoms with Crippen LogP contribution in [0.25, 0.3) is 16.6 Å². The van der Waals surface area contributed by atoms with E-state index in [1.54, 1.807) is 22.8 Å². The van der Waals surface area contributed by atoms with Crippen LogP contribution in [-0.4, -0.2) is 52.4 Å². The molecular formula is C28H35ClN4O2. The van der Waals surface area contributed by atoms with Gasteiger partial charge in [0.05, 0.1) is 22.6 Å². The predicted molar refractivity (Wildman–Crippen MR) is 142 cm³/mol. The molecule has 0 spiro atoms. The quantitative estimate of drug-likeness (QED) is 0.417. The Bertz CT molecular complexity index is 1230. The van der Waals surface area contributed by atoms with E-state index in [-0.39, 0.29) is 23.4 Å². The first-order valence-corrected chi connectivity index (χ1v) is 13.0. The van der Waals surface area contributed by atoms with E-state index in [1.807, 2.05) is 49.3 Å². The Labute approximate surface area is 212 Å². The SMILES string of the molecule is CCC(c1nc2ccccc2c(=O)n1-c1cccc(Cl)c1)N(CCN(C)C)C(=O)C1CCCCC1. The topological polar surface area (TPSA) is 58.4 Å². The van der Waals surface area contributed by atoms with Crippen LogP contribution in [0.1, 0.15) is 57.3 Å². The third-order valence-electron chi connectivity index (χ3n) is 6.95. The van der Waals surface area contributed by atoms with Gasteiger partial charge in [-0.2, -0.15) is 0 Å². The lowest BCUT2D eigenvalue weighted by Crippen LogP contribution is -2.44. The molecule has 1 atom stereocenters. The first-order valence-electron chi connectivity index (χ1n) is 12.6. The summed E-state index contributed by atoms with van der Waals surface area (Å²) in [5.74, 6) is 0.798. The van der Waals surface area contributed by atoms with Crippen molar-refractivity contribution in [3.8, 4) is 5.69 Å². The van der Waals surface area contributed by atoms with Gasteiger partial charge in [0, 0.05) is 24.0 Å². The first-order chi connectivity index (χ1) is 16.9. The van der Waals surface area contributed by atoms with Crippen molar-refractivity contribution in [3.05, 3.63) is 69.7 Å². The van der Waals surface area contributed by atoms with Crippen LogP contribution >= 0.6 is 11.6 Å². The Kier molecular flexibility index (Phi) is 8.24. The molecule has 0 saturated heterocycles. The molecule has 2 aromatic carbocycles. The monoisotopic (exact) mass is 494 g/mol. The summed E-state index contributed by atoms with van der Waals surface area (Å²) in [4.78, 5) is 36.8. The van der Waals surface area contributed by atoms with E-state index in [0.717, 1.165) is 32.2 Å². The molecule has 1 saturated carbocycles. The molecular weight excluding hydrogens is 460 g/mol. The predicted octanol–water partition coefficient (Wildman–Crippen LogP) is 5.46. The molecule has 7 heteroatoms. The second-order valence-corrected chi connectivity index (χ2v) is 10.1. The number of likely N-dealkylation sites (N-methyl/N-ethyl adjacent to an activating group) is 1. The molecule has 35 heavy (non-hydrogen) atoms. The highest BCUT2D eigenvalue weighted by Crippen LogP contribution is 2.32. The molecule has 1 unspecified atom stereocenters. The highest BCUT2D eigenvalue weighted by molar-refractivity contribution is 6.30. The van der Waals surface area contributed by atoms with Gasteiger partial charge in [0.25, 0.3) is 5.56 Å². The summed E-state index contributed by atoms with van der Waals surface area (Å²) in [5.41, 5.74) is 1.15. The fourth-order valence-electron chi connectivity index (χ4n) is 5.09. The van der Waals surface area contributed by atoms with E-state index in [4.69, 9.17) is 16.6 Å². The van der Waals surface area contributed by atoms with E-state index in [1.165, 1.54) is 6.42 Å². The van der Waals surface area contributed by atoms with Crippen molar-refractivity contribution in [2.75, 3.05) is 27.2 Å². The lowest BCUT2D eigenvalue weighted by molar-refractivity contribution is -0.139. The van der Waals surface area contributed by atoms with Crippen molar-refractivity contribution in [3.63, 3.8) is 0 Å². The number of fused-ring (bicyclic) bond motifs is 1. The zero-order chi connectivity index (χ0) is 24.9. The van der Waals surface area contributed by atoms with Gasteiger partial charge in [-0.15, -0.1) is 0 Å². The molecule has 0 bridgehead atoms. The number of hydrogen-bond donors (Lipinski definition) is 0. The zero-order valence-electron chi connectivity index (χ0n) is 20.9. The third kappa shape index (κ3) is 5.60. The van der Waals surface area contributed by atoms with E-state index in [9.17, 15) is 9.59 Å². The highest BCUT2D eigenvalue weighted by Gasteiger charge is 2.33. The van der Waals surface area contributed by atoms with Gasteiger partial charge >= 0.3 is 0 Å². The van der Waals surface area contributed by atoms with Gasteiger partial charge in [-0.3, -0.25) is 14.2 Å². The smallest absolute Gasteiger partial charge is 0.266 e. The molecule has 186 valence electrons. The van der Waals surface area contributed by atoms with Crippen LogP contribution in [0.3, 0.4) is 0 Å². The maximum absolute atomic E-state index is 13.9. The van der Waals surface area contributed by atoms with E-state index in [2.05, 4.69) is 11.8 Å². The van der Waals surface area contributed by atoms with Crippen molar-refractivity contribution < 1.29 is 4.79 Å². The van der Waals surface area contributed by atoms with Crippen molar-refractivity contribution in [1.29, 1.82) is 0 Å². The summed E-state index contributed by atoms with van der Waals surface area (Å²) in [6.07, 6.45) is 5.89.